The highest BCUT2D eigenvalue weighted by Crippen LogP contribution is 2.27. The van der Waals surface area contributed by atoms with Crippen molar-refractivity contribution in [2.75, 3.05) is 5.32 Å². The molecule has 0 bridgehead atoms. The van der Waals surface area contributed by atoms with Crippen molar-refractivity contribution >= 4 is 65.8 Å². The van der Waals surface area contributed by atoms with E-state index in [1.54, 1.807) is 12.3 Å². The maximum absolute atomic E-state index is 12.3. The van der Waals surface area contributed by atoms with Gasteiger partial charge >= 0.3 is 0 Å². The highest BCUT2D eigenvalue weighted by atomic mass is 79.9. The fraction of sp³-hybridized carbons (Fsp3) is 0.0588. The zero-order valence-corrected chi connectivity index (χ0v) is 17.0. The lowest BCUT2D eigenvalue weighted by Crippen LogP contribution is -2.12. The van der Waals surface area contributed by atoms with Crippen molar-refractivity contribution < 1.29 is 4.79 Å². The third kappa shape index (κ3) is 4.25. The van der Waals surface area contributed by atoms with Gasteiger partial charge in [-0.2, -0.15) is 0 Å². The number of hydrogen-bond donors (Lipinski definition) is 1. The predicted octanol–water partition coefficient (Wildman–Crippen LogP) is 6.16. The van der Waals surface area contributed by atoms with E-state index in [9.17, 15) is 4.79 Å². The van der Waals surface area contributed by atoms with Crippen molar-refractivity contribution in [1.82, 2.24) is 4.98 Å². The van der Waals surface area contributed by atoms with Gasteiger partial charge in [0.05, 0.1) is 10.6 Å². The number of nitrogens with zero attached hydrogens (tertiary/aromatic N) is 1. The van der Waals surface area contributed by atoms with Crippen molar-refractivity contribution in [3.8, 4) is 0 Å². The summed E-state index contributed by atoms with van der Waals surface area (Å²) in [6.07, 6.45) is 2.49. The molecule has 0 saturated carbocycles. The molecule has 0 aliphatic rings. The summed E-state index contributed by atoms with van der Waals surface area (Å²) in [7, 11) is 0. The van der Waals surface area contributed by atoms with Crippen LogP contribution in [0.5, 0.6) is 0 Å². The average molecular weight is 487 g/mol. The van der Waals surface area contributed by atoms with E-state index in [0.717, 1.165) is 25.8 Å². The monoisotopic (exact) mass is 484 g/mol. The second kappa shape index (κ2) is 7.78. The van der Waals surface area contributed by atoms with Gasteiger partial charge in [-0.3, -0.25) is 10.1 Å². The Bertz CT molecular complexity index is 898. The minimum absolute atomic E-state index is 0.185. The fourth-order valence-corrected chi connectivity index (χ4v) is 3.86. The molecule has 0 radical (unpaired) electrons. The summed E-state index contributed by atoms with van der Waals surface area (Å²) in [6, 6.07) is 13.1. The summed E-state index contributed by atoms with van der Waals surface area (Å²) in [5.74, 6) is -0.185. The van der Waals surface area contributed by atoms with Crippen LogP contribution >= 0.6 is 54.8 Å². The van der Waals surface area contributed by atoms with Crippen LogP contribution < -0.4 is 5.32 Å². The molecule has 0 aliphatic carbocycles. The lowest BCUT2D eigenvalue weighted by Gasteiger charge is -2.03. The standard InChI is InChI=1S/C17H11Br2ClN2OS/c18-13-4-2-1-3-12(13)16(23)22-17-21-9-11(24-17)7-10-5-6-14(19)15(20)8-10/h1-6,8-9H,7H2,(H,21,22,23). The number of nitrogens with one attached hydrogen (secondary N) is 1. The molecule has 122 valence electrons. The van der Waals surface area contributed by atoms with E-state index in [0.29, 0.717) is 15.7 Å². The van der Waals surface area contributed by atoms with Gasteiger partial charge in [0.15, 0.2) is 5.13 Å². The number of halogens is 3. The van der Waals surface area contributed by atoms with E-state index >= 15 is 0 Å². The van der Waals surface area contributed by atoms with Crippen molar-refractivity contribution in [3.05, 3.63) is 78.6 Å². The first kappa shape index (κ1) is 17.6. The third-order valence-corrected chi connectivity index (χ3v) is 6.09. The summed E-state index contributed by atoms with van der Waals surface area (Å²) in [5.41, 5.74) is 1.67. The molecule has 7 heteroatoms. The number of rotatable bonds is 4. The van der Waals surface area contributed by atoms with E-state index in [2.05, 4.69) is 42.2 Å². The lowest BCUT2D eigenvalue weighted by atomic mass is 10.1. The Hall–Kier alpha value is -1.21. The smallest absolute Gasteiger partial charge is 0.258 e. The van der Waals surface area contributed by atoms with Crippen LogP contribution in [0.15, 0.2) is 57.6 Å². The molecule has 3 aromatic rings. The summed E-state index contributed by atoms with van der Waals surface area (Å²) < 4.78 is 1.63. The molecule has 0 aliphatic heterocycles. The van der Waals surface area contributed by atoms with Crippen LogP contribution in [-0.4, -0.2) is 10.9 Å². The predicted molar refractivity (Wildman–Crippen MR) is 106 cm³/mol. The quantitative estimate of drug-likeness (QED) is 0.480. The van der Waals surface area contributed by atoms with Crippen molar-refractivity contribution in [1.29, 1.82) is 0 Å². The molecule has 0 atom stereocenters. The summed E-state index contributed by atoms with van der Waals surface area (Å²) in [5, 5.41) is 4.09. The first-order valence-corrected chi connectivity index (χ1v) is 9.75. The number of thiazole rings is 1. The number of hydrogen-bond acceptors (Lipinski definition) is 3. The van der Waals surface area contributed by atoms with Crippen LogP contribution in [0.25, 0.3) is 0 Å². The molecule has 0 saturated heterocycles. The van der Waals surface area contributed by atoms with E-state index < -0.39 is 0 Å². The van der Waals surface area contributed by atoms with Crippen LogP contribution in [0.2, 0.25) is 5.02 Å². The lowest BCUT2D eigenvalue weighted by molar-refractivity contribution is 0.102. The Morgan fingerprint density at radius 3 is 2.71 bits per heavy atom. The summed E-state index contributed by atoms with van der Waals surface area (Å²) in [6.45, 7) is 0. The molecule has 24 heavy (non-hydrogen) atoms. The fourth-order valence-electron chi connectivity index (χ4n) is 2.11. The van der Waals surface area contributed by atoms with Gasteiger partial charge < -0.3 is 0 Å². The normalized spacial score (nSPS) is 10.6. The first-order chi connectivity index (χ1) is 11.5. The number of carbonyl (C=O) groups excluding carboxylic acids is 1. The molecule has 0 fully saturated rings. The summed E-state index contributed by atoms with van der Waals surface area (Å²) >= 11 is 14.3. The molecular formula is C17H11Br2ClN2OS. The van der Waals surface area contributed by atoms with Gasteiger partial charge in [-0.05, 0) is 61.7 Å². The van der Waals surface area contributed by atoms with E-state index in [1.807, 2.05) is 36.4 Å². The second-order valence-corrected chi connectivity index (χ2v) is 8.22. The maximum atomic E-state index is 12.3. The van der Waals surface area contributed by atoms with Crippen molar-refractivity contribution in [2.24, 2.45) is 0 Å². The van der Waals surface area contributed by atoms with Crippen LogP contribution in [0.1, 0.15) is 20.8 Å². The Kier molecular flexibility index (Phi) is 5.71. The van der Waals surface area contributed by atoms with Crippen LogP contribution in [-0.2, 0) is 6.42 Å². The Morgan fingerprint density at radius 1 is 1.17 bits per heavy atom. The van der Waals surface area contributed by atoms with Crippen LogP contribution in [0.3, 0.4) is 0 Å². The molecule has 0 spiro atoms. The average Bonchev–Trinajstić information content (AvgIpc) is 2.98. The molecule has 3 nitrogen and oxygen atoms in total. The van der Waals surface area contributed by atoms with Crippen LogP contribution in [0, 0.1) is 0 Å². The largest absolute Gasteiger partial charge is 0.298 e. The van der Waals surface area contributed by atoms with Gasteiger partial charge in [0.1, 0.15) is 0 Å². The third-order valence-electron chi connectivity index (χ3n) is 3.25. The number of carbonyl (C=O) groups is 1. The second-order valence-electron chi connectivity index (χ2n) is 4.99. The molecular weight excluding hydrogens is 476 g/mol. The van der Waals surface area contributed by atoms with E-state index in [4.69, 9.17) is 11.6 Å². The SMILES string of the molecule is O=C(Nc1ncc(Cc2ccc(Br)c(Cl)c2)s1)c1ccccc1Br. The number of aromatic nitrogens is 1. The van der Waals surface area contributed by atoms with Crippen LogP contribution in [0.4, 0.5) is 5.13 Å². The van der Waals surface area contributed by atoms with Crippen molar-refractivity contribution in [3.63, 3.8) is 0 Å². The zero-order valence-electron chi connectivity index (χ0n) is 12.2. The van der Waals surface area contributed by atoms with Gasteiger partial charge in [0, 0.05) is 26.4 Å². The first-order valence-electron chi connectivity index (χ1n) is 6.97. The van der Waals surface area contributed by atoms with Crippen molar-refractivity contribution in [2.45, 2.75) is 6.42 Å². The molecule has 1 heterocycles. The summed E-state index contributed by atoms with van der Waals surface area (Å²) in [4.78, 5) is 17.6. The highest BCUT2D eigenvalue weighted by molar-refractivity contribution is 9.10. The number of benzene rings is 2. The number of amides is 1. The van der Waals surface area contributed by atoms with E-state index in [1.165, 1.54) is 11.3 Å². The maximum Gasteiger partial charge on any atom is 0.258 e. The molecule has 1 aromatic heterocycles. The van der Waals surface area contributed by atoms with Gasteiger partial charge in [0.25, 0.3) is 5.91 Å². The Labute approximate surface area is 165 Å². The molecule has 3 rings (SSSR count). The molecule has 1 amide bonds. The Morgan fingerprint density at radius 2 is 1.96 bits per heavy atom. The van der Waals surface area contributed by atoms with E-state index in [-0.39, 0.29) is 5.91 Å². The highest BCUT2D eigenvalue weighted by Gasteiger charge is 2.12. The number of anilines is 1. The topological polar surface area (TPSA) is 42.0 Å². The minimum atomic E-state index is -0.185. The molecule has 0 unspecified atom stereocenters. The van der Waals surface area contributed by atoms with Gasteiger partial charge in [-0.15, -0.1) is 11.3 Å². The minimum Gasteiger partial charge on any atom is -0.298 e. The molecule has 2 aromatic carbocycles. The zero-order chi connectivity index (χ0) is 17.1. The Balaban J connectivity index is 1.70. The van der Waals surface area contributed by atoms with Gasteiger partial charge in [-0.1, -0.05) is 29.8 Å². The molecule has 1 N–H and O–H groups in total. The van der Waals surface area contributed by atoms with Gasteiger partial charge in [-0.25, -0.2) is 4.98 Å². The van der Waals surface area contributed by atoms with Gasteiger partial charge in [0.2, 0.25) is 0 Å².